The molecule has 8 heteroatoms. The number of benzene rings is 2. The van der Waals surface area contributed by atoms with E-state index in [0.717, 1.165) is 32.8 Å². The lowest BCUT2D eigenvalue weighted by Crippen LogP contribution is -2.41. The number of nitrogens with zero attached hydrogens (tertiary/aromatic N) is 2. The maximum absolute atomic E-state index is 12.3. The van der Waals surface area contributed by atoms with Gasteiger partial charge >= 0.3 is 0 Å². The van der Waals surface area contributed by atoms with Gasteiger partial charge in [-0.15, -0.1) is 0 Å². The number of amides is 1. The molecule has 0 atom stereocenters. The number of hydrogen-bond donors (Lipinski definition) is 3. The van der Waals surface area contributed by atoms with Crippen molar-refractivity contribution in [1.29, 1.82) is 0 Å². The Kier molecular flexibility index (Phi) is 9.34. The summed E-state index contributed by atoms with van der Waals surface area (Å²) >= 11 is 0. The third-order valence-electron chi connectivity index (χ3n) is 5.32. The zero-order valence-electron chi connectivity index (χ0n) is 18.9. The minimum atomic E-state index is -0.134. The Balaban J connectivity index is 1.43. The van der Waals surface area contributed by atoms with Gasteiger partial charge in [0.15, 0.2) is 5.96 Å². The normalized spacial score (nSPS) is 14.6. The van der Waals surface area contributed by atoms with Gasteiger partial charge in [-0.25, -0.2) is 0 Å². The minimum absolute atomic E-state index is 0.134. The van der Waals surface area contributed by atoms with Gasteiger partial charge in [-0.05, 0) is 29.3 Å². The van der Waals surface area contributed by atoms with Crippen molar-refractivity contribution in [2.24, 2.45) is 4.99 Å². The third-order valence-corrected chi connectivity index (χ3v) is 5.32. The van der Waals surface area contributed by atoms with Gasteiger partial charge in [0.05, 0.1) is 20.3 Å². The summed E-state index contributed by atoms with van der Waals surface area (Å²) in [4.78, 5) is 19.0. The van der Waals surface area contributed by atoms with Crippen LogP contribution in [0.1, 0.15) is 21.5 Å². The van der Waals surface area contributed by atoms with Crippen molar-refractivity contribution in [3.8, 4) is 5.75 Å². The van der Waals surface area contributed by atoms with Gasteiger partial charge in [0.25, 0.3) is 5.91 Å². The van der Waals surface area contributed by atoms with Crippen molar-refractivity contribution in [2.75, 3.05) is 53.6 Å². The SMILES string of the molecule is CN=C(NCCNC(=O)c1cccc(OC)c1)NCc1ccccc1CN1CCOCC1. The van der Waals surface area contributed by atoms with E-state index in [1.807, 2.05) is 6.07 Å². The van der Waals surface area contributed by atoms with Crippen LogP contribution in [0.4, 0.5) is 0 Å². The number of morpholine rings is 1. The molecule has 0 aromatic heterocycles. The highest BCUT2D eigenvalue weighted by Crippen LogP contribution is 2.13. The number of ether oxygens (including phenoxy) is 2. The van der Waals surface area contributed by atoms with Crippen LogP contribution in [0.2, 0.25) is 0 Å². The molecule has 3 N–H and O–H groups in total. The second kappa shape index (κ2) is 12.7. The molecule has 1 saturated heterocycles. The van der Waals surface area contributed by atoms with E-state index in [2.05, 4.69) is 50.1 Å². The van der Waals surface area contributed by atoms with Crippen molar-refractivity contribution in [2.45, 2.75) is 13.1 Å². The zero-order chi connectivity index (χ0) is 22.6. The molecule has 0 spiro atoms. The van der Waals surface area contributed by atoms with E-state index in [9.17, 15) is 4.79 Å². The van der Waals surface area contributed by atoms with Crippen LogP contribution in [-0.2, 0) is 17.8 Å². The van der Waals surface area contributed by atoms with E-state index in [1.54, 1.807) is 32.4 Å². The second-order valence-electron chi connectivity index (χ2n) is 7.50. The Hall–Kier alpha value is -3.10. The molecule has 8 nitrogen and oxygen atoms in total. The van der Waals surface area contributed by atoms with Crippen molar-refractivity contribution < 1.29 is 14.3 Å². The number of guanidine groups is 1. The number of aliphatic imine (C=N–C) groups is 1. The number of hydrogen-bond acceptors (Lipinski definition) is 5. The summed E-state index contributed by atoms with van der Waals surface area (Å²) in [5.74, 6) is 1.22. The monoisotopic (exact) mass is 439 g/mol. The van der Waals surface area contributed by atoms with Crippen molar-refractivity contribution in [3.63, 3.8) is 0 Å². The highest BCUT2D eigenvalue weighted by atomic mass is 16.5. The number of carbonyl (C=O) groups excluding carboxylic acids is 1. The molecule has 2 aromatic carbocycles. The summed E-state index contributed by atoms with van der Waals surface area (Å²) in [6.45, 7) is 6.16. The fraction of sp³-hybridized carbons (Fsp3) is 0.417. The molecular weight excluding hydrogens is 406 g/mol. The summed E-state index contributed by atoms with van der Waals surface area (Å²) in [6.07, 6.45) is 0. The van der Waals surface area contributed by atoms with Crippen molar-refractivity contribution >= 4 is 11.9 Å². The molecule has 0 aliphatic carbocycles. The molecule has 32 heavy (non-hydrogen) atoms. The lowest BCUT2D eigenvalue weighted by molar-refractivity contribution is 0.0341. The number of methoxy groups -OCH3 is 1. The third kappa shape index (κ3) is 7.25. The summed E-state index contributed by atoms with van der Waals surface area (Å²) in [5, 5.41) is 9.51. The van der Waals surface area contributed by atoms with Crippen LogP contribution in [0.25, 0.3) is 0 Å². The van der Waals surface area contributed by atoms with Gasteiger partial charge in [0.1, 0.15) is 5.75 Å². The molecule has 1 amide bonds. The van der Waals surface area contributed by atoms with Crippen molar-refractivity contribution in [1.82, 2.24) is 20.9 Å². The first-order chi connectivity index (χ1) is 15.7. The molecule has 1 fully saturated rings. The molecule has 1 heterocycles. The standard InChI is InChI=1S/C24H33N5O3/c1-25-24(27-11-10-26-23(30)19-8-5-9-22(16-19)31-2)28-17-20-6-3-4-7-21(20)18-29-12-14-32-15-13-29/h3-9,16H,10-15,17-18H2,1-2H3,(H,26,30)(H2,25,27,28). The first-order valence-corrected chi connectivity index (χ1v) is 10.9. The summed E-state index contributed by atoms with van der Waals surface area (Å²) in [5.41, 5.74) is 3.12. The highest BCUT2D eigenvalue weighted by molar-refractivity contribution is 5.94. The predicted octanol–water partition coefficient (Wildman–Crippen LogP) is 1.62. The quantitative estimate of drug-likeness (QED) is 0.313. The maximum Gasteiger partial charge on any atom is 0.251 e. The van der Waals surface area contributed by atoms with Crippen LogP contribution in [0.15, 0.2) is 53.5 Å². The molecule has 0 radical (unpaired) electrons. The average molecular weight is 440 g/mol. The van der Waals surface area contributed by atoms with E-state index in [4.69, 9.17) is 9.47 Å². The lowest BCUT2D eigenvalue weighted by Gasteiger charge is -2.27. The van der Waals surface area contributed by atoms with E-state index >= 15 is 0 Å². The average Bonchev–Trinajstić information content (AvgIpc) is 2.85. The Labute approximate surface area is 190 Å². The summed E-state index contributed by atoms with van der Waals surface area (Å²) in [6, 6.07) is 15.6. The highest BCUT2D eigenvalue weighted by Gasteiger charge is 2.13. The van der Waals surface area contributed by atoms with Crippen LogP contribution in [0.5, 0.6) is 5.75 Å². The van der Waals surface area contributed by atoms with Gasteiger partial charge in [0.2, 0.25) is 0 Å². The molecular formula is C24H33N5O3. The van der Waals surface area contributed by atoms with E-state index in [-0.39, 0.29) is 5.91 Å². The molecule has 0 unspecified atom stereocenters. The number of rotatable bonds is 9. The van der Waals surface area contributed by atoms with Crippen LogP contribution in [0.3, 0.4) is 0 Å². The molecule has 3 rings (SSSR count). The molecule has 2 aromatic rings. The number of nitrogens with one attached hydrogen (secondary N) is 3. The summed E-state index contributed by atoms with van der Waals surface area (Å²) in [7, 11) is 3.32. The summed E-state index contributed by atoms with van der Waals surface area (Å²) < 4.78 is 10.6. The zero-order valence-corrected chi connectivity index (χ0v) is 18.9. The molecule has 1 aliphatic heterocycles. The molecule has 0 bridgehead atoms. The fourth-order valence-corrected chi connectivity index (χ4v) is 3.51. The van der Waals surface area contributed by atoms with Gasteiger partial charge in [-0.1, -0.05) is 30.3 Å². The first-order valence-electron chi connectivity index (χ1n) is 10.9. The molecule has 1 aliphatic rings. The van der Waals surface area contributed by atoms with Gasteiger partial charge in [0, 0.05) is 51.9 Å². The van der Waals surface area contributed by atoms with Crippen molar-refractivity contribution in [3.05, 3.63) is 65.2 Å². The Morgan fingerprint density at radius 2 is 1.78 bits per heavy atom. The minimum Gasteiger partial charge on any atom is -0.497 e. The van der Waals surface area contributed by atoms with Gasteiger partial charge in [-0.2, -0.15) is 0 Å². The van der Waals surface area contributed by atoms with Crippen LogP contribution in [0, 0.1) is 0 Å². The second-order valence-corrected chi connectivity index (χ2v) is 7.50. The smallest absolute Gasteiger partial charge is 0.251 e. The van der Waals surface area contributed by atoms with Crippen LogP contribution >= 0.6 is 0 Å². The topological polar surface area (TPSA) is 87.2 Å². The van der Waals surface area contributed by atoms with Crippen LogP contribution < -0.4 is 20.7 Å². The first kappa shape index (κ1) is 23.6. The van der Waals surface area contributed by atoms with Gasteiger partial charge < -0.3 is 25.4 Å². The van der Waals surface area contributed by atoms with Crippen LogP contribution in [-0.4, -0.2) is 70.3 Å². The predicted molar refractivity (Wildman–Crippen MR) is 126 cm³/mol. The van der Waals surface area contributed by atoms with E-state index in [0.29, 0.717) is 36.9 Å². The fourth-order valence-electron chi connectivity index (χ4n) is 3.51. The maximum atomic E-state index is 12.3. The lowest BCUT2D eigenvalue weighted by atomic mass is 10.1. The van der Waals surface area contributed by atoms with Gasteiger partial charge in [-0.3, -0.25) is 14.7 Å². The largest absolute Gasteiger partial charge is 0.497 e. The Morgan fingerprint density at radius 3 is 2.53 bits per heavy atom. The Morgan fingerprint density at radius 1 is 1.03 bits per heavy atom. The molecule has 0 saturated carbocycles. The van der Waals surface area contributed by atoms with E-state index in [1.165, 1.54) is 11.1 Å². The molecule has 172 valence electrons. The number of carbonyl (C=O) groups is 1. The Bertz CT molecular complexity index is 897. The van der Waals surface area contributed by atoms with E-state index < -0.39 is 0 Å².